The molecular weight excluding hydrogens is 672 g/mol. The number of esters is 1. The molecule has 6 atom stereocenters. The minimum atomic E-state index is -1.53. The second-order valence-electron chi connectivity index (χ2n) is 15.5. The number of aliphatic hydroxyl groups excluding tert-OH is 4. The molecule has 0 radical (unpaired) electrons. The van der Waals surface area contributed by atoms with E-state index >= 15 is 0 Å². The Morgan fingerprint density at radius 3 is 1.55 bits per heavy atom. The van der Waals surface area contributed by atoms with Crippen molar-refractivity contribution in [2.75, 3.05) is 26.4 Å². The predicted octanol–water partition coefficient (Wildman–Crippen LogP) is 9.64. The van der Waals surface area contributed by atoms with Gasteiger partial charge < -0.3 is 39.4 Å². The van der Waals surface area contributed by atoms with Crippen molar-refractivity contribution in [1.29, 1.82) is 0 Å². The van der Waals surface area contributed by atoms with Gasteiger partial charge in [-0.25, -0.2) is 0 Å². The maximum absolute atomic E-state index is 12.8. The zero-order valence-corrected chi connectivity index (χ0v) is 34.3. The Labute approximate surface area is 325 Å². The van der Waals surface area contributed by atoms with E-state index in [1.54, 1.807) is 0 Å². The van der Waals surface area contributed by atoms with Crippen molar-refractivity contribution in [2.45, 2.75) is 237 Å². The molecule has 1 heterocycles. The maximum Gasteiger partial charge on any atom is 0.306 e. The molecule has 0 aromatic heterocycles. The average Bonchev–Trinajstić information content (AvgIpc) is 3.16. The lowest BCUT2D eigenvalue weighted by atomic mass is 9.99. The number of allylic oxidation sites excluding steroid dienone is 2. The summed E-state index contributed by atoms with van der Waals surface area (Å²) in [5.41, 5.74) is 0. The highest BCUT2D eigenvalue weighted by atomic mass is 16.7. The van der Waals surface area contributed by atoms with Crippen LogP contribution >= 0.6 is 0 Å². The SMILES string of the molecule is CCCCCC/C=C\CCCCCCCCOCC(COC1OC(CO)C(O)C(O)C1O)OC(=O)CCCCCCCCCCCCCCCCCC. The highest BCUT2D eigenvalue weighted by Crippen LogP contribution is 2.23. The van der Waals surface area contributed by atoms with E-state index in [2.05, 4.69) is 26.0 Å². The molecule has 1 saturated heterocycles. The molecule has 1 rings (SSSR count). The lowest BCUT2D eigenvalue weighted by molar-refractivity contribution is -0.305. The molecule has 0 saturated carbocycles. The minimum absolute atomic E-state index is 0.111. The summed E-state index contributed by atoms with van der Waals surface area (Å²) in [5.74, 6) is -0.312. The van der Waals surface area contributed by atoms with Crippen LogP contribution < -0.4 is 0 Å². The van der Waals surface area contributed by atoms with Crippen molar-refractivity contribution in [3.63, 3.8) is 0 Å². The van der Waals surface area contributed by atoms with Crippen LogP contribution in [0.15, 0.2) is 12.2 Å². The van der Waals surface area contributed by atoms with E-state index in [9.17, 15) is 25.2 Å². The molecule has 1 aliphatic rings. The van der Waals surface area contributed by atoms with Crippen LogP contribution in [-0.4, -0.2) is 89.6 Å². The average molecular weight is 757 g/mol. The predicted molar refractivity (Wildman–Crippen MR) is 215 cm³/mol. The quantitative estimate of drug-likeness (QED) is 0.0276. The van der Waals surface area contributed by atoms with Gasteiger partial charge in [0.2, 0.25) is 0 Å². The third-order valence-electron chi connectivity index (χ3n) is 10.4. The first-order chi connectivity index (χ1) is 25.9. The van der Waals surface area contributed by atoms with Gasteiger partial charge in [-0.3, -0.25) is 4.79 Å². The van der Waals surface area contributed by atoms with Crippen molar-refractivity contribution < 1.29 is 44.2 Å². The molecule has 0 aromatic rings. The van der Waals surface area contributed by atoms with Crippen LogP contribution in [-0.2, 0) is 23.7 Å². The van der Waals surface area contributed by atoms with E-state index in [-0.39, 0.29) is 19.2 Å². The Morgan fingerprint density at radius 2 is 1.04 bits per heavy atom. The number of rotatable bonds is 38. The van der Waals surface area contributed by atoms with Gasteiger partial charge in [0.25, 0.3) is 0 Å². The van der Waals surface area contributed by atoms with Gasteiger partial charge in [-0.2, -0.15) is 0 Å². The second kappa shape index (κ2) is 36.6. The summed E-state index contributed by atoms with van der Waals surface area (Å²) in [5, 5.41) is 40.1. The second-order valence-corrected chi connectivity index (χ2v) is 15.5. The fraction of sp³-hybridized carbons (Fsp3) is 0.932. The van der Waals surface area contributed by atoms with Crippen LogP contribution in [0, 0.1) is 0 Å². The van der Waals surface area contributed by atoms with Crippen LogP contribution in [0.25, 0.3) is 0 Å². The Bertz CT molecular complexity index is 823. The van der Waals surface area contributed by atoms with Crippen molar-refractivity contribution >= 4 is 5.97 Å². The van der Waals surface area contributed by atoms with E-state index in [1.165, 1.54) is 148 Å². The first-order valence-electron chi connectivity index (χ1n) is 22.3. The molecule has 53 heavy (non-hydrogen) atoms. The Morgan fingerprint density at radius 1 is 0.585 bits per heavy atom. The minimum Gasteiger partial charge on any atom is -0.457 e. The molecule has 4 N–H and O–H groups in total. The molecule has 0 aliphatic carbocycles. The summed E-state index contributed by atoms with van der Waals surface area (Å²) in [7, 11) is 0. The van der Waals surface area contributed by atoms with Gasteiger partial charge >= 0.3 is 5.97 Å². The van der Waals surface area contributed by atoms with Crippen molar-refractivity contribution in [3.05, 3.63) is 12.2 Å². The maximum atomic E-state index is 12.8. The summed E-state index contributed by atoms with van der Waals surface area (Å²) >= 11 is 0. The summed E-state index contributed by atoms with van der Waals surface area (Å²) in [4.78, 5) is 12.8. The number of unbranched alkanes of at least 4 members (excludes halogenated alkanes) is 25. The van der Waals surface area contributed by atoms with Crippen LogP contribution in [0.4, 0.5) is 0 Å². The first-order valence-corrected chi connectivity index (χ1v) is 22.3. The number of hydrogen-bond donors (Lipinski definition) is 4. The molecular formula is C44H84O9. The molecule has 9 heteroatoms. The number of carbonyl (C=O) groups is 1. The lowest BCUT2D eigenvalue weighted by Gasteiger charge is -2.39. The number of ether oxygens (including phenoxy) is 4. The van der Waals surface area contributed by atoms with E-state index in [4.69, 9.17) is 18.9 Å². The van der Waals surface area contributed by atoms with E-state index in [0.717, 1.165) is 32.1 Å². The van der Waals surface area contributed by atoms with E-state index in [0.29, 0.717) is 13.0 Å². The third kappa shape index (κ3) is 28.1. The Balaban J connectivity index is 2.26. The van der Waals surface area contributed by atoms with Crippen molar-refractivity contribution in [3.8, 4) is 0 Å². The summed E-state index contributed by atoms with van der Waals surface area (Å²) in [6.07, 6.45) is 32.3. The van der Waals surface area contributed by atoms with Gasteiger partial charge in [0.1, 0.15) is 30.5 Å². The standard InChI is InChI=1S/C44H84O9/c1-3-5-7-9-11-13-15-17-19-20-21-23-25-27-29-31-33-40(46)52-38(37-51-44-43(49)42(48)41(47)39(35-45)53-44)36-50-34-32-30-28-26-24-22-18-16-14-12-10-8-6-4-2/h14,16,38-39,41-45,47-49H,3-13,15,17-37H2,1-2H3/b16-14-. The molecule has 1 aliphatic heterocycles. The lowest BCUT2D eigenvalue weighted by Crippen LogP contribution is -2.59. The zero-order chi connectivity index (χ0) is 38.6. The summed E-state index contributed by atoms with van der Waals surface area (Å²) < 4.78 is 22.8. The fourth-order valence-corrected chi connectivity index (χ4v) is 6.90. The Hall–Kier alpha value is -1.07. The molecule has 0 aromatic carbocycles. The largest absolute Gasteiger partial charge is 0.457 e. The van der Waals surface area contributed by atoms with Crippen molar-refractivity contribution in [1.82, 2.24) is 0 Å². The molecule has 0 amide bonds. The number of carbonyl (C=O) groups excluding carboxylic acids is 1. The fourth-order valence-electron chi connectivity index (χ4n) is 6.90. The van der Waals surface area contributed by atoms with Crippen LogP contribution in [0.2, 0.25) is 0 Å². The number of hydrogen-bond acceptors (Lipinski definition) is 9. The summed E-state index contributed by atoms with van der Waals surface area (Å²) in [6, 6.07) is 0. The summed E-state index contributed by atoms with van der Waals surface area (Å²) in [6.45, 7) is 4.56. The monoisotopic (exact) mass is 757 g/mol. The van der Waals surface area contributed by atoms with Gasteiger partial charge in [-0.05, 0) is 38.5 Å². The van der Waals surface area contributed by atoms with Gasteiger partial charge in [-0.1, -0.05) is 167 Å². The third-order valence-corrected chi connectivity index (χ3v) is 10.4. The first kappa shape index (κ1) is 49.9. The topological polar surface area (TPSA) is 135 Å². The normalized spacial score (nSPS) is 21.1. The van der Waals surface area contributed by atoms with E-state index in [1.807, 2.05) is 0 Å². The van der Waals surface area contributed by atoms with E-state index < -0.39 is 43.4 Å². The molecule has 6 unspecified atom stereocenters. The van der Waals surface area contributed by atoms with Gasteiger partial charge in [-0.15, -0.1) is 0 Å². The van der Waals surface area contributed by atoms with Crippen molar-refractivity contribution in [2.24, 2.45) is 0 Å². The van der Waals surface area contributed by atoms with Crippen LogP contribution in [0.1, 0.15) is 200 Å². The molecule has 0 bridgehead atoms. The van der Waals surface area contributed by atoms with Crippen LogP contribution in [0.3, 0.4) is 0 Å². The highest BCUT2D eigenvalue weighted by molar-refractivity contribution is 5.69. The van der Waals surface area contributed by atoms with Gasteiger partial charge in [0, 0.05) is 13.0 Å². The van der Waals surface area contributed by atoms with Gasteiger partial charge in [0.15, 0.2) is 6.29 Å². The Kier molecular flexibility index (Phi) is 34.5. The molecule has 1 fully saturated rings. The number of aliphatic hydroxyl groups is 4. The van der Waals surface area contributed by atoms with Gasteiger partial charge in [0.05, 0.1) is 19.8 Å². The molecule has 9 nitrogen and oxygen atoms in total. The molecule has 0 spiro atoms. The highest BCUT2D eigenvalue weighted by Gasteiger charge is 2.44. The zero-order valence-electron chi connectivity index (χ0n) is 34.3. The molecule has 314 valence electrons. The smallest absolute Gasteiger partial charge is 0.306 e. The van der Waals surface area contributed by atoms with Crippen LogP contribution in [0.5, 0.6) is 0 Å².